The van der Waals surface area contributed by atoms with E-state index < -0.39 is 11.7 Å². The van der Waals surface area contributed by atoms with Crippen molar-refractivity contribution in [2.45, 2.75) is 64.1 Å². The Kier molecular flexibility index (Phi) is 8.85. The second-order valence-corrected chi connectivity index (χ2v) is 11.5. The fourth-order valence-electron chi connectivity index (χ4n) is 5.16. The van der Waals surface area contributed by atoms with E-state index in [9.17, 15) is 18.0 Å². The third kappa shape index (κ3) is 7.62. The number of aromatic nitrogens is 1. The Morgan fingerprint density at radius 3 is 2.08 bits per heavy atom. The third-order valence-electron chi connectivity index (χ3n) is 7.61. The summed E-state index contributed by atoms with van der Waals surface area (Å²) in [5, 5.41) is 3.14. The lowest BCUT2D eigenvalue weighted by Gasteiger charge is -2.36. The summed E-state index contributed by atoms with van der Waals surface area (Å²) >= 11 is 0. The number of halogens is 3. The topological polar surface area (TPSA) is 51.7 Å². The van der Waals surface area contributed by atoms with Crippen molar-refractivity contribution in [3.8, 4) is 0 Å². The number of hydrogen-bond acceptors (Lipinski definition) is 5. The maximum absolute atomic E-state index is 12.8. The van der Waals surface area contributed by atoms with Crippen LogP contribution in [-0.2, 0) is 16.4 Å². The summed E-state index contributed by atoms with van der Waals surface area (Å²) in [6.45, 7) is 12.9. The number of piperazine rings is 1. The highest BCUT2D eigenvalue weighted by molar-refractivity contribution is 5.76. The predicted octanol–water partition coefficient (Wildman–Crippen LogP) is 5.09. The summed E-state index contributed by atoms with van der Waals surface area (Å²) in [6.07, 6.45) is -0.640. The largest absolute Gasteiger partial charge is 0.417 e. The van der Waals surface area contributed by atoms with E-state index in [1.165, 1.54) is 17.3 Å². The molecule has 0 aliphatic carbocycles. The first-order chi connectivity index (χ1) is 18.0. The summed E-state index contributed by atoms with van der Waals surface area (Å²) in [5.41, 5.74) is 2.04. The van der Waals surface area contributed by atoms with E-state index in [1.54, 1.807) is 0 Å². The van der Waals surface area contributed by atoms with Gasteiger partial charge >= 0.3 is 6.18 Å². The van der Waals surface area contributed by atoms with Crippen molar-refractivity contribution in [1.82, 2.24) is 15.2 Å². The van der Waals surface area contributed by atoms with Crippen molar-refractivity contribution in [2.24, 2.45) is 0 Å². The monoisotopic (exact) mass is 531 g/mol. The van der Waals surface area contributed by atoms with Gasteiger partial charge in [-0.15, -0.1) is 0 Å². The molecule has 0 spiro atoms. The molecule has 3 heterocycles. The van der Waals surface area contributed by atoms with Crippen molar-refractivity contribution < 1.29 is 18.0 Å². The number of nitrogens with one attached hydrogen (secondary N) is 1. The molecule has 0 atom stereocenters. The Morgan fingerprint density at radius 2 is 1.53 bits per heavy atom. The molecule has 0 bridgehead atoms. The molecule has 2 saturated heterocycles. The summed E-state index contributed by atoms with van der Waals surface area (Å²) in [6, 6.07) is 11.5. The number of hydrogen-bond donors (Lipinski definition) is 1. The van der Waals surface area contributed by atoms with Crippen LogP contribution < -0.4 is 15.1 Å². The fraction of sp³-hybridized carbons (Fsp3) is 0.586. The second kappa shape index (κ2) is 11.9. The molecule has 0 unspecified atom stereocenters. The smallest absolute Gasteiger partial charge is 0.369 e. The van der Waals surface area contributed by atoms with Crippen LogP contribution in [0.1, 0.15) is 57.6 Å². The maximum Gasteiger partial charge on any atom is 0.417 e. The summed E-state index contributed by atoms with van der Waals surface area (Å²) in [7, 11) is 0. The Balaban J connectivity index is 1.11. The van der Waals surface area contributed by atoms with Gasteiger partial charge in [0.25, 0.3) is 0 Å². The van der Waals surface area contributed by atoms with Gasteiger partial charge in [0.15, 0.2) is 0 Å². The molecule has 2 fully saturated rings. The van der Waals surface area contributed by atoms with Gasteiger partial charge in [-0.05, 0) is 61.1 Å². The highest BCUT2D eigenvalue weighted by Gasteiger charge is 2.31. The number of pyridine rings is 1. The Labute approximate surface area is 224 Å². The maximum atomic E-state index is 12.8. The number of carbonyl (C=O) groups is 1. The van der Waals surface area contributed by atoms with Gasteiger partial charge in [-0.3, -0.25) is 9.69 Å². The number of alkyl halides is 3. The molecule has 2 aliphatic heterocycles. The SMILES string of the molecule is CC(C)(C)c1ccc(N2CCN(CCCC(=O)NC3CCN(c4ccc(C(F)(F)F)cn4)CC3)CC2)cc1. The highest BCUT2D eigenvalue weighted by Crippen LogP contribution is 2.30. The van der Waals surface area contributed by atoms with Gasteiger partial charge in [0.2, 0.25) is 5.91 Å². The number of anilines is 2. The van der Waals surface area contributed by atoms with Crippen molar-refractivity contribution in [2.75, 3.05) is 55.6 Å². The lowest BCUT2D eigenvalue weighted by Crippen LogP contribution is -2.47. The van der Waals surface area contributed by atoms with Gasteiger partial charge in [-0.25, -0.2) is 4.98 Å². The number of amides is 1. The highest BCUT2D eigenvalue weighted by atomic mass is 19.4. The first-order valence-electron chi connectivity index (χ1n) is 13.6. The molecule has 1 aromatic carbocycles. The number of piperidine rings is 1. The van der Waals surface area contributed by atoms with E-state index in [1.807, 2.05) is 4.90 Å². The van der Waals surface area contributed by atoms with Crippen molar-refractivity contribution >= 4 is 17.4 Å². The van der Waals surface area contributed by atoms with Gasteiger partial charge in [0, 0.05) is 63.6 Å². The van der Waals surface area contributed by atoms with E-state index in [-0.39, 0.29) is 17.4 Å². The van der Waals surface area contributed by atoms with E-state index >= 15 is 0 Å². The Bertz CT molecular complexity index is 1030. The van der Waals surface area contributed by atoms with Gasteiger partial charge in [0.05, 0.1) is 5.56 Å². The number of benzene rings is 1. The first-order valence-corrected chi connectivity index (χ1v) is 13.6. The van der Waals surface area contributed by atoms with Gasteiger partial charge in [0.1, 0.15) is 5.82 Å². The van der Waals surface area contributed by atoms with Crippen LogP contribution in [0.3, 0.4) is 0 Å². The molecule has 9 heteroatoms. The van der Waals surface area contributed by atoms with Gasteiger partial charge < -0.3 is 15.1 Å². The van der Waals surface area contributed by atoms with Gasteiger partial charge in [-0.1, -0.05) is 32.9 Å². The lowest BCUT2D eigenvalue weighted by atomic mass is 9.87. The van der Waals surface area contributed by atoms with Crippen molar-refractivity contribution in [3.05, 3.63) is 53.7 Å². The normalized spacial score (nSPS) is 18.1. The van der Waals surface area contributed by atoms with E-state index in [0.717, 1.165) is 64.2 Å². The lowest BCUT2D eigenvalue weighted by molar-refractivity contribution is -0.137. The molecular formula is C29H40F3N5O. The van der Waals surface area contributed by atoms with Crippen molar-refractivity contribution in [3.63, 3.8) is 0 Å². The Morgan fingerprint density at radius 1 is 0.895 bits per heavy atom. The van der Waals surface area contributed by atoms with E-state index in [2.05, 4.69) is 65.1 Å². The molecule has 4 rings (SSSR count). The second-order valence-electron chi connectivity index (χ2n) is 11.5. The van der Waals surface area contributed by atoms with Gasteiger partial charge in [-0.2, -0.15) is 13.2 Å². The summed E-state index contributed by atoms with van der Waals surface area (Å²) in [4.78, 5) is 23.3. The van der Waals surface area contributed by atoms with Crippen LogP contribution >= 0.6 is 0 Å². The van der Waals surface area contributed by atoms with Crippen LogP contribution in [0.2, 0.25) is 0 Å². The molecule has 0 radical (unpaired) electrons. The minimum atomic E-state index is -4.38. The van der Waals surface area contributed by atoms with Crippen molar-refractivity contribution in [1.29, 1.82) is 0 Å². The standard InChI is InChI=1S/C29H40F3N5O/c1-28(2,3)22-6-9-25(10-7-22)36-19-17-35(18-20-36)14-4-5-27(38)34-24-12-15-37(16-13-24)26-11-8-23(21-33-26)29(30,31)32/h6-11,21,24H,4-5,12-20H2,1-3H3,(H,34,38). The van der Waals surface area contributed by atoms with E-state index in [0.29, 0.717) is 25.3 Å². The fourth-order valence-corrected chi connectivity index (χ4v) is 5.16. The molecule has 1 aromatic heterocycles. The summed E-state index contributed by atoms with van der Waals surface area (Å²) in [5.74, 6) is 0.624. The summed E-state index contributed by atoms with van der Waals surface area (Å²) < 4.78 is 38.3. The molecular weight excluding hydrogens is 491 g/mol. The molecule has 1 amide bonds. The van der Waals surface area contributed by atoms with Crippen LogP contribution in [-0.4, -0.2) is 67.6 Å². The molecule has 208 valence electrons. The minimum absolute atomic E-state index is 0.0775. The van der Waals surface area contributed by atoms with Crippen LogP contribution in [0.25, 0.3) is 0 Å². The Hall–Kier alpha value is -2.81. The zero-order chi connectivity index (χ0) is 27.3. The first kappa shape index (κ1) is 28.2. The van der Waals surface area contributed by atoms with Crippen LogP contribution in [0, 0.1) is 0 Å². The minimum Gasteiger partial charge on any atom is -0.369 e. The van der Waals surface area contributed by atoms with Crippen LogP contribution in [0.4, 0.5) is 24.7 Å². The average Bonchev–Trinajstić information content (AvgIpc) is 2.89. The van der Waals surface area contributed by atoms with Crippen LogP contribution in [0.15, 0.2) is 42.6 Å². The molecule has 6 nitrogen and oxygen atoms in total. The van der Waals surface area contributed by atoms with Crippen LogP contribution in [0.5, 0.6) is 0 Å². The zero-order valence-corrected chi connectivity index (χ0v) is 22.7. The third-order valence-corrected chi connectivity index (χ3v) is 7.61. The average molecular weight is 532 g/mol. The zero-order valence-electron chi connectivity index (χ0n) is 22.7. The number of carbonyl (C=O) groups excluding carboxylic acids is 1. The molecule has 38 heavy (non-hydrogen) atoms. The number of nitrogens with zero attached hydrogens (tertiary/aromatic N) is 4. The molecule has 1 N–H and O–H groups in total. The molecule has 0 saturated carbocycles. The molecule has 2 aromatic rings. The quantitative estimate of drug-likeness (QED) is 0.540. The number of rotatable bonds is 7. The molecule has 2 aliphatic rings. The van der Waals surface area contributed by atoms with E-state index in [4.69, 9.17) is 0 Å². The predicted molar refractivity (Wildman–Crippen MR) is 146 cm³/mol.